The molecule has 1 aromatic carbocycles. The Morgan fingerprint density at radius 2 is 1.93 bits per heavy atom. The molecule has 1 saturated heterocycles. The molecule has 4 aliphatic rings. The predicted octanol–water partition coefficient (Wildman–Crippen LogP) is 2.50. The standard InChI is InChI=1S/C23H29N3O3/c1-15-9-12-25(14-23(15)10-4-11-23)19(27)13-24-21(28)20-17-5-2-3-6-18(17)22(29)26(20)16-7-8-16/h2-3,5-6,15-16,20H,4,7-14H2,1H3,(H,24,28). The van der Waals surface area contributed by atoms with E-state index < -0.39 is 6.04 Å². The second-order valence-electron chi connectivity index (χ2n) is 9.37. The van der Waals surface area contributed by atoms with E-state index >= 15 is 0 Å². The van der Waals surface area contributed by atoms with Gasteiger partial charge in [-0.15, -0.1) is 0 Å². The molecule has 6 nitrogen and oxygen atoms in total. The average Bonchev–Trinajstić information content (AvgIpc) is 3.49. The summed E-state index contributed by atoms with van der Waals surface area (Å²) in [6, 6.07) is 6.87. The number of nitrogens with zero attached hydrogens (tertiary/aromatic N) is 2. The summed E-state index contributed by atoms with van der Waals surface area (Å²) in [5, 5.41) is 2.85. The lowest BCUT2D eigenvalue weighted by atomic mass is 9.59. The van der Waals surface area contributed by atoms with Gasteiger partial charge in [0.05, 0.1) is 6.54 Å². The van der Waals surface area contributed by atoms with Gasteiger partial charge in [-0.3, -0.25) is 14.4 Å². The second-order valence-corrected chi connectivity index (χ2v) is 9.37. The smallest absolute Gasteiger partial charge is 0.255 e. The van der Waals surface area contributed by atoms with Crippen LogP contribution in [0.5, 0.6) is 0 Å². The molecule has 2 heterocycles. The molecule has 5 rings (SSSR count). The highest BCUT2D eigenvalue weighted by Crippen LogP contribution is 2.50. The highest BCUT2D eigenvalue weighted by molar-refractivity contribution is 6.05. The molecule has 1 N–H and O–H groups in total. The van der Waals surface area contributed by atoms with Gasteiger partial charge >= 0.3 is 0 Å². The lowest BCUT2D eigenvalue weighted by molar-refractivity contribution is -0.140. The van der Waals surface area contributed by atoms with E-state index in [1.165, 1.54) is 19.3 Å². The summed E-state index contributed by atoms with van der Waals surface area (Å²) in [7, 11) is 0. The average molecular weight is 396 g/mol. The quantitative estimate of drug-likeness (QED) is 0.852. The first-order valence-corrected chi connectivity index (χ1v) is 11.0. The first kappa shape index (κ1) is 18.6. The number of hydrogen-bond donors (Lipinski definition) is 1. The normalized spacial score (nSPS) is 27.6. The number of carbonyl (C=O) groups excluding carboxylic acids is 3. The van der Waals surface area contributed by atoms with E-state index in [2.05, 4.69) is 12.2 Å². The van der Waals surface area contributed by atoms with Crippen LogP contribution in [0.1, 0.15) is 67.4 Å². The van der Waals surface area contributed by atoms with Gasteiger partial charge < -0.3 is 15.1 Å². The monoisotopic (exact) mass is 395 g/mol. The van der Waals surface area contributed by atoms with Gasteiger partial charge in [0, 0.05) is 24.7 Å². The van der Waals surface area contributed by atoms with Crippen LogP contribution in [0.2, 0.25) is 0 Å². The van der Waals surface area contributed by atoms with Crippen LogP contribution in [0.3, 0.4) is 0 Å². The zero-order valence-corrected chi connectivity index (χ0v) is 17.0. The van der Waals surface area contributed by atoms with Crippen molar-refractivity contribution in [1.29, 1.82) is 0 Å². The number of amides is 3. The summed E-state index contributed by atoms with van der Waals surface area (Å²) in [6.45, 7) is 3.91. The van der Waals surface area contributed by atoms with E-state index in [4.69, 9.17) is 0 Å². The van der Waals surface area contributed by atoms with Crippen molar-refractivity contribution in [2.24, 2.45) is 11.3 Å². The molecule has 0 aromatic heterocycles. The first-order valence-electron chi connectivity index (χ1n) is 11.0. The van der Waals surface area contributed by atoms with E-state index in [9.17, 15) is 14.4 Å². The number of rotatable bonds is 4. The van der Waals surface area contributed by atoms with Gasteiger partial charge in [-0.1, -0.05) is 31.5 Å². The second kappa shape index (κ2) is 6.85. The molecule has 3 fully saturated rings. The van der Waals surface area contributed by atoms with Gasteiger partial charge in [-0.05, 0) is 55.1 Å². The molecule has 0 bridgehead atoms. The third-order valence-corrected chi connectivity index (χ3v) is 7.69. The molecule has 2 saturated carbocycles. The molecule has 154 valence electrons. The number of carbonyl (C=O) groups is 3. The minimum atomic E-state index is -0.613. The molecule has 2 aliphatic carbocycles. The van der Waals surface area contributed by atoms with Crippen LogP contribution in [-0.4, -0.2) is 53.2 Å². The van der Waals surface area contributed by atoms with E-state index in [-0.39, 0.29) is 30.3 Å². The minimum Gasteiger partial charge on any atom is -0.345 e. The molecule has 3 amide bonds. The number of hydrogen-bond acceptors (Lipinski definition) is 3. The Balaban J connectivity index is 1.26. The Morgan fingerprint density at radius 1 is 1.17 bits per heavy atom. The van der Waals surface area contributed by atoms with E-state index in [0.717, 1.165) is 37.9 Å². The summed E-state index contributed by atoms with van der Waals surface area (Å²) < 4.78 is 0. The Morgan fingerprint density at radius 3 is 2.62 bits per heavy atom. The first-order chi connectivity index (χ1) is 14.0. The van der Waals surface area contributed by atoms with Crippen molar-refractivity contribution in [3.8, 4) is 0 Å². The lowest BCUT2D eigenvalue weighted by Crippen LogP contribution is -2.55. The summed E-state index contributed by atoms with van der Waals surface area (Å²) >= 11 is 0. The molecule has 2 unspecified atom stereocenters. The van der Waals surface area contributed by atoms with Crippen LogP contribution >= 0.6 is 0 Å². The maximum absolute atomic E-state index is 13.1. The number of benzene rings is 1. The Kier molecular flexibility index (Phi) is 4.41. The molecular weight excluding hydrogens is 366 g/mol. The van der Waals surface area contributed by atoms with Gasteiger partial charge in [0.2, 0.25) is 11.8 Å². The molecular formula is C23H29N3O3. The largest absolute Gasteiger partial charge is 0.345 e. The van der Waals surface area contributed by atoms with Crippen LogP contribution in [0.15, 0.2) is 24.3 Å². The highest BCUT2D eigenvalue weighted by atomic mass is 16.2. The zero-order valence-electron chi connectivity index (χ0n) is 17.0. The van der Waals surface area contributed by atoms with Gasteiger partial charge in [0.1, 0.15) is 6.04 Å². The van der Waals surface area contributed by atoms with Crippen LogP contribution < -0.4 is 5.32 Å². The van der Waals surface area contributed by atoms with Crippen LogP contribution in [0.25, 0.3) is 0 Å². The molecule has 2 atom stereocenters. The van der Waals surface area contributed by atoms with E-state index in [1.807, 2.05) is 23.1 Å². The molecule has 1 aromatic rings. The molecule has 2 aliphatic heterocycles. The van der Waals surface area contributed by atoms with Gasteiger partial charge in [-0.25, -0.2) is 0 Å². The summed E-state index contributed by atoms with van der Waals surface area (Å²) in [4.78, 5) is 42.3. The maximum atomic E-state index is 13.1. The topological polar surface area (TPSA) is 69.7 Å². The van der Waals surface area contributed by atoms with Gasteiger partial charge in [0.15, 0.2) is 0 Å². The Labute approximate surface area is 171 Å². The van der Waals surface area contributed by atoms with Crippen LogP contribution in [-0.2, 0) is 9.59 Å². The van der Waals surface area contributed by atoms with Gasteiger partial charge in [0.25, 0.3) is 5.91 Å². The van der Waals surface area contributed by atoms with E-state index in [1.54, 1.807) is 11.0 Å². The van der Waals surface area contributed by atoms with Crippen LogP contribution in [0, 0.1) is 11.3 Å². The maximum Gasteiger partial charge on any atom is 0.255 e. The fourth-order valence-electron chi connectivity index (χ4n) is 5.47. The summed E-state index contributed by atoms with van der Waals surface area (Å²) in [5.41, 5.74) is 1.68. The van der Waals surface area contributed by atoms with Gasteiger partial charge in [-0.2, -0.15) is 0 Å². The number of fused-ring (bicyclic) bond motifs is 1. The summed E-state index contributed by atoms with van der Waals surface area (Å²) in [6.07, 6.45) is 6.60. The SMILES string of the molecule is CC1CCN(C(=O)CNC(=O)C2c3ccccc3C(=O)N2C2CC2)CC12CCC2. The minimum absolute atomic E-state index is 0.00731. The third-order valence-electron chi connectivity index (χ3n) is 7.69. The van der Waals surface area contributed by atoms with Crippen molar-refractivity contribution in [3.63, 3.8) is 0 Å². The highest BCUT2D eigenvalue weighted by Gasteiger charge is 2.48. The molecule has 0 radical (unpaired) electrons. The third kappa shape index (κ3) is 3.04. The number of likely N-dealkylation sites (tertiary alicyclic amines) is 1. The van der Waals surface area contributed by atoms with Crippen molar-refractivity contribution in [2.75, 3.05) is 19.6 Å². The number of nitrogens with one attached hydrogen (secondary N) is 1. The molecule has 6 heteroatoms. The Hall–Kier alpha value is -2.37. The van der Waals surface area contributed by atoms with Crippen molar-refractivity contribution >= 4 is 17.7 Å². The van der Waals surface area contributed by atoms with Crippen molar-refractivity contribution < 1.29 is 14.4 Å². The van der Waals surface area contributed by atoms with Crippen LogP contribution in [0.4, 0.5) is 0 Å². The lowest BCUT2D eigenvalue weighted by Gasteiger charge is -2.53. The summed E-state index contributed by atoms with van der Waals surface area (Å²) in [5.74, 6) is 0.355. The molecule has 1 spiro atoms. The number of piperidine rings is 1. The van der Waals surface area contributed by atoms with Crippen molar-refractivity contribution in [3.05, 3.63) is 35.4 Å². The molecule has 29 heavy (non-hydrogen) atoms. The predicted molar refractivity (Wildman–Crippen MR) is 108 cm³/mol. The Bertz CT molecular complexity index is 859. The van der Waals surface area contributed by atoms with E-state index in [0.29, 0.717) is 16.9 Å². The fourth-order valence-corrected chi connectivity index (χ4v) is 5.47. The van der Waals surface area contributed by atoms with Crippen molar-refractivity contribution in [2.45, 2.75) is 57.5 Å². The zero-order chi connectivity index (χ0) is 20.2. The van der Waals surface area contributed by atoms with Crippen molar-refractivity contribution in [1.82, 2.24) is 15.1 Å². The fraction of sp³-hybridized carbons (Fsp3) is 0.609.